The van der Waals surface area contributed by atoms with Crippen LogP contribution in [0.2, 0.25) is 0 Å². The normalized spacial score (nSPS) is 18.7. The summed E-state index contributed by atoms with van der Waals surface area (Å²) >= 11 is 1.28. The predicted molar refractivity (Wildman–Crippen MR) is 174 cm³/mol. The third kappa shape index (κ3) is 5.82. The molecule has 0 aliphatic carbocycles. The molecule has 3 aromatic carbocycles. The fourth-order valence-electron chi connectivity index (χ4n) is 5.73. The number of fused-ring (bicyclic) bond motifs is 2. The monoisotopic (exact) mass is 628 g/mol. The van der Waals surface area contributed by atoms with Gasteiger partial charge in [-0.3, -0.25) is 14.5 Å². The van der Waals surface area contributed by atoms with Gasteiger partial charge in [0.05, 0.1) is 41.7 Å². The fourth-order valence-corrected chi connectivity index (χ4v) is 6.75. The minimum atomic E-state index is -0.968. The van der Waals surface area contributed by atoms with Crippen LogP contribution in [0.1, 0.15) is 63.3 Å². The molecule has 6 rings (SSSR count). The molecule has 2 aliphatic rings. The number of rotatable bonds is 11. The Hall–Kier alpha value is -4.57. The number of carbonyl (C=O) groups is 2. The molecule has 1 fully saturated rings. The van der Waals surface area contributed by atoms with Crippen molar-refractivity contribution >= 4 is 44.1 Å². The number of ether oxygens (including phenoxy) is 4. The molecule has 1 amide bonds. The highest BCUT2D eigenvalue weighted by Crippen LogP contribution is 2.46. The molecule has 0 saturated carbocycles. The van der Waals surface area contributed by atoms with E-state index >= 15 is 0 Å². The van der Waals surface area contributed by atoms with Crippen LogP contribution in [0.5, 0.6) is 23.0 Å². The first kappa shape index (κ1) is 30.5. The Labute approximate surface area is 266 Å². The van der Waals surface area contributed by atoms with Gasteiger partial charge in [-0.05, 0) is 86.8 Å². The van der Waals surface area contributed by atoms with Gasteiger partial charge in [0, 0.05) is 12.0 Å². The standard InChI is InChI=1S/C35H36N2O7S/c1-5-8-15-43-27-14-9-21(18-28(27)42-7-3)31-30(32(38)22-10-13-26-23(17-22)16-20(4)44-26)33(39)34(40)37(31)35-36-25-12-11-24(41-6-2)19-29(25)45-35/h9-14,17-20,31,38H,5-8,15-16H2,1-4H3/b32-30-. The minimum Gasteiger partial charge on any atom is -0.507 e. The van der Waals surface area contributed by atoms with Gasteiger partial charge in [0.25, 0.3) is 5.78 Å². The van der Waals surface area contributed by atoms with Crippen LogP contribution in [0, 0.1) is 0 Å². The summed E-state index contributed by atoms with van der Waals surface area (Å²) in [6.07, 6.45) is 2.57. The summed E-state index contributed by atoms with van der Waals surface area (Å²) in [6.45, 7) is 9.30. The summed E-state index contributed by atoms with van der Waals surface area (Å²) in [4.78, 5) is 33.8. The molecule has 9 nitrogen and oxygen atoms in total. The maximum atomic E-state index is 13.9. The third-order valence-corrected chi connectivity index (χ3v) is 8.84. The van der Waals surface area contributed by atoms with Crippen molar-refractivity contribution in [2.24, 2.45) is 0 Å². The van der Waals surface area contributed by atoms with Crippen LogP contribution in [-0.2, 0) is 16.0 Å². The molecule has 10 heteroatoms. The Balaban J connectivity index is 1.50. The van der Waals surface area contributed by atoms with E-state index in [0.29, 0.717) is 65.3 Å². The van der Waals surface area contributed by atoms with Crippen LogP contribution in [-0.4, -0.2) is 47.7 Å². The highest BCUT2D eigenvalue weighted by Gasteiger charge is 2.48. The smallest absolute Gasteiger partial charge is 0.301 e. The Morgan fingerprint density at radius 1 is 1.00 bits per heavy atom. The summed E-state index contributed by atoms with van der Waals surface area (Å²) in [7, 11) is 0. The number of aliphatic hydroxyl groups is 1. The first-order chi connectivity index (χ1) is 21.8. The molecule has 45 heavy (non-hydrogen) atoms. The van der Waals surface area contributed by atoms with Gasteiger partial charge in [-0.25, -0.2) is 4.98 Å². The van der Waals surface area contributed by atoms with Crippen molar-refractivity contribution in [2.75, 3.05) is 24.7 Å². The number of unbranched alkanes of at least 4 members (excludes halogenated alkanes) is 1. The van der Waals surface area contributed by atoms with E-state index in [1.165, 1.54) is 16.2 Å². The van der Waals surface area contributed by atoms with Crippen LogP contribution in [0.15, 0.2) is 60.2 Å². The van der Waals surface area contributed by atoms with Crippen molar-refractivity contribution in [3.63, 3.8) is 0 Å². The van der Waals surface area contributed by atoms with E-state index in [4.69, 9.17) is 23.9 Å². The number of ketones is 1. The van der Waals surface area contributed by atoms with E-state index in [1.54, 1.807) is 30.3 Å². The minimum absolute atomic E-state index is 0.0142. The number of carbonyl (C=O) groups excluding carboxylic acids is 2. The number of hydrogen-bond donors (Lipinski definition) is 1. The fraction of sp³-hybridized carbons (Fsp3) is 0.343. The molecular formula is C35H36N2O7S. The molecule has 0 radical (unpaired) electrons. The second kappa shape index (κ2) is 12.8. The van der Waals surface area contributed by atoms with Gasteiger partial charge in [-0.1, -0.05) is 30.7 Å². The van der Waals surface area contributed by atoms with Crippen molar-refractivity contribution < 1.29 is 33.6 Å². The SMILES string of the molecule is CCCCOc1ccc(C2/C(=C(/O)c3ccc4c(c3)CC(C)O4)C(=O)C(=O)N2c2nc3ccc(OCC)cc3s2)cc1OCC. The molecule has 2 atom stereocenters. The topological polar surface area (TPSA) is 107 Å². The number of anilines is 1. The summed E-state index contributed by atoms with van der Waals surface area (Å²) < 4.78 is 24.3. The Morgan fingerprint density at radius 2 is 1.82 bits per heavy atom. The zero-order valence-corrected chi connectivity index (χ0v) is 26.6. The van der Waals surface area contributed by atoms with E-state index in [2.05, 4.69) is 6.92 Å². The number of nitrogens with zero attached hydrogens (tertiary/aromatic N) is 2. The van der Waals surface area contributed by atoms with Crippen molar-refractivity contribution in [3.8, 4) is 23.0 Å². The van der Waals surface area contributed by atoms with Crippen LogP contribution < -0.4 is 23.8 Å². The first-order valence-electron chi connectivity index (χ1n) is 15.4. The van der Waals surface area contributed by atoms with Crippen LogP contribution in [0.3, 0.4) is 0 Å². The number of thiazole rings is 1. The summed E-state index contributed by atoms with van der Waals surface area (Å²) in [5.74, 6) is 0.672. The average molecular weight is 629 g/mol. The van der Waals surface area contributed by atoms with Crippen molar-refractivity contribution in [1.82, 2.24) is 4.98 Å². The lowest BCUT2D eigenvalue weighted by molar-refractivity contribution is -0.132. The van der Waals surface area contributed by atoms with Gasteiger partial charge in [0.15, 0.2) is 16.6 Å². The van der Waals surface area contributed by atoms with E-state index in [-0.39, 0.29) is 17.4 Å². The Morgan fingerprint density at radius 3 is 2.60 bits per heavy atom. The maximum Gasteiger partial charge on any atom is 0.301 e. The van der Waals surface area contributed by atoms with Gasteiger partial charge in [0.1, 0.15) is 23.4 Å². The largest absolute Gasteiger partial charge is 0.507 e. The predicted octanol–water partition coefficient (Wildman–Crippen LogP) is 7.22. The molecule has 1 aromatic heterocycles. The van der Waals surface area contributed by atoms with Crippen LogP contribution >= 0.6 is 11.3 Å². The highest BCUT2D eigenvalue weighted by atomic mass is 32.1. The third-order valence-electron chi connectivity index (χ3n) is 7.82. The number of aromatic nitrogens is 1. The van der Waals surface area contributed by atoms with Gasteiger partial charge in [-0.15, -0.1) is 0 Å². The molecule has 1 N–H and O–H groups in total. The van der Waals surface area contributed by atoms with Crippen LogP contribution in [0.25, 0.3) is 16.0 Å². The quantitative estimate of drug-likeness (QED) is 0.0803. The summed E-state index contributed by atoms with van der Waals surface area (Å²) in [6, 6.07) is 15.2. The van der Waals surface area contributed by atoms with Gasteiger partial charge >= 0.3 is 5.91 Å². The molecule has 3 heterocycles. The average Bonchev–Trinajstić information content (AvgIpc) is 3.69. The van der Waals surface area contributed by atoms with Gasteiger partial charge in [-0.2, -0.15) is 0 Å². The van der Waals surface area contributed by atoms with Gasteiger partial charge < -0.3 is 24.1 Å². The number of aliphatic hydroxyl groups excluding tert-OH is 1. The molecule has 2 aliphatic heterocycles. The first-order valence-corrected chi connectivity index (χ1v) is 16.2. The highest BCUT2D eigenvalue weighted by molar-refractivity contribution is 7.22. The molecule has 0 spiro atoms. The van der Waals surface area contributed by atoms with E-state index in [9.17, 15) is 14.7 Å². The second-order valence-electron chi connectivity index (χ2n) is 11.0. The van der Waals surface area contributed by atoms with E-state index in [0.717, 1.165) is 28.9 Å². The zero-order valence-electron chi connectivity index (χ0n) is 25.8. The number of Topliss-reactive ketones (excluding diaryl/α,β-unsaturated/α-hetero) is 1. The van der Waals surface area contributed by atoms with Gasteiger partial charge in [0.2, 0.25) is 0 Å². The maximum absolute atomic E-state index is 13.9. The lowest BCUT2D eigenvalue weighted by Crippen LogP contribution is -2.29. The second-order valence-corrected chi connectivity index (χ2v) is 12.0. The molecular weight excluding hydrogens is 592 g/mol. The van der Waals surface area contributed by atoms with Crippen molar-refractivity contribution in [3.05, 3.63) is 76.9 Å². The van der Waals surface area contributed by atoms with Crippen LogP contribution in [0.4, 0.5) is 5.13 Å². The van der Waals surface area contributed by atoms with E-state index in [1.807, 2.05) is 45.0 Å². The number of benzene rings is 3. The summed E-state index contributed by atoms with van der Waals surface area (Å²) in [5, 5.41) is 12.1. The van der Waals surface area contributed by atoms with Crippen molar-refractivity contribution in [1.29, 1.82) is 0 Å². The molecule has 0 bridgehead atoms. The summed E-state index contributed by atoms with van der Waals surface area (Å²) in [5.41, 5.74) is 2.59. The Bertz CT molecular complexity index is 1800. The molecule has 4 aromatic rings. The van der Waals surface area contributed by atoms with E-state index < -0.39 is 17.7 Å². The lowest BCUT2D eigenvalue weighted by atomic mass is 9.94. The number of amides is 1. The molecule has 2 unspecified atom stereocenters. The lowest BCUT2D eigenvalue weighted by Gasteiger charge is -2.24. The Kier molecular flexibility index (Phi) is 8.67. The zero-order chi connectivity index (χ0) is 31.7. The molecule has 234 valence electrons. The van der Waals surface area contributed by atoms with Crippen molar-refractivity contribution in [2.45, 2.75) is 59.1 Å². The molecule has 1 saturated heterocycles. The number of hydrogen-bond acceptors (Lipinski definition) is 9.